The van der Waals surface area contributed by atoms with Crippen molar-refractivity contribution in [3.05, 3.63) is 24.3 Å². The number of amides is 1. The molecule has 9 heteroatoms. The lowest BCUT2D eigenvalue weighted by atomic mass is 10.2. The molecule has 0 spiro atoms. The van der Waals surface area contributed by atoms with Crippen LogP contribution in [0.2, 0.25) is 0 Å². The number of ether oxygens (including phenoxy) is 2. The molecule has 1 amide bonds. The molecule has 0 radical (unpaired) electrons. The van der Waals surface area contributed by atoms with Gasteiger partial charge < -0.3 is 19.7 Å². The maximum atomic E-state index is 12.2. The van der Waals surface area contributed by atoms with Gasteiger partial charge in [-0.2, -0.15) is 13.2 Å². The molecule has 0 bridgehead atoms. The van der Waals surface area contributed by atoms with Crippen molar-refractivity contribution in [3.63, 3.8) is 0 Å². The van der Waals surface area contributed by atoms with Crippen LogP contribution in [0.5, 0.6) is 11.5 Å². The second kappa shape index (κ2) is 8.98. The molecule has 2 rings (SSSR count). The van der Waals surface area contributed by atoms with E-state index >= 15 is 0 Å². The van der Waals surface area contributed by atoms with Crippen LogP contribution in [0.15, 0.2) is 24.3 Å². The smallest absolute Gasteiger partial charge is 0.422 e. The minimum atomic E-state index is -4.43. The van der Waals surface area contributed by atoms with Crippen LogP contribution < -0.4 is 14.8 Å². The van der Waals surface area contributed by atoms with E-state index in [9.17, 15) is 18.0 Å². The lowest BCUT2D eigenvalue weighted by molar-refractivity contribution is -0.153. The van der Waals surface area contributed by atoms with Crippen LogP contribution in [0.3, 0.4) is 0 Å². The fourth-order valence-corrected chi connectivity index (χ4v) is 2.28. The first-order valence-corrected chi connectivity index (χ1v) is 7.28. The van der Waals surface area contributed by atoms with Crippen molar-refractivity contribution < 1.29 is 27.4 Å². The number of alkyl halides is 3. The number of carbonyl (C=O) groups excluding carboxylic acids is 1. The maximum absolute atomic E-state index is 12.2. The predicted octanol–water partition coefficient (Wildman–Crippen LogP) is 2.25. The third-order valence-electron chi connectivity index (χ3n) is 3.41. The molecule has 1 heterocycles. The van der Waals surface area contributed by atoms with Crippen LogP contribution in [0.25, 0.3) is 0 Å². The van der Waals surface area contributed by atoms with Crippen LogP contribution in [0.1, 0.15) is 6.92 Å². The maximum Gasteiger partial charge on any atom is 0.422 e. The van der Waals surface area contributed by atoms with Crippen LogP contribution in [-0.2, 0) is 4.79 Å². The number of nitrogens with zero attached hydrogens (tertiary/aromatic N) is 1. The molecule has 5 nitrogen and oxygen atoms in total. The summed E-state index contributed by atoms with van der Waals surface area (Å²) in [5, 5.41) is 3.17. The van der Waals surface area contributed by atoms with Crippen LogP contribution in [-0.4, -0.2) is 55.9 Å². The molecule has 1 aliphatic heterocycles. The van der Waals surface area contributed by atoms with Gasteiger partial charge in [0.1, 0.15) is 0 Å². The van der Waals surface area contributed by atoms with Gasteiger partial charge >= 0.3 is 6.18 Å². The molecular weight excluding hydrogens is 349 g/mol. The van der Waals surface area contributed by atoms with E-state index in [1.54, 1.807) is 17.0 Å². The number of hydrogen-bond donors (Lipinski definition) is 1. The summed E-state index contributed by atoms with van der Waals surface area (Å²) in [6, 6.07) is 6.04. The number of piperazine rings is 1. The Hall–Kier alpha value is -1.67. The van der Waals surface area contributed by atoms with E-state index in [1.165, 1.54) is 12.1 Å². The van der Waals surface area contributed by atoms with Crippen molar-refractivity contribution >= 4 is 18.3 Å². The molecule has 136 valence electrons. The minimum absolute atomic E-state index is 0. The molecule has 1 fully saturated rings. The Morgan fingerprint density at radius 2 is 1.92 bits per heavy atom. The van der Waals surface area contributed by atoms with Gasteiger partial charge in [0.25, 0.3) is 5.91 Å². The number of hydrogen-bond acceptors (Lipinski definition) is 4. The monoisotopic (exact) mass is 368 g/mol. The Balaban J connectivity index is 0.00000288. The van der Waals surface area contributed by atoms with Crippen molar-refractivity contribution in [3.8, 4) is 11.5 Å². The molecule has 1 saturated heterocycles. The summed E-state index contributed by atoms with van der Waals surface area (Å²) in [4.78, 5) is 13.9. The molecule has 1 aromatic rings. The Kier molecular flexibility index (Phi) is 7.62. The molecule has 0 saturated carbocycles. The molecule has 0 aromatic heterocycles. The molecule has 1 atom stereocenters. The van der Waals surface area contributed by atoms with Gasteiger partial charge in [0.2, 0.25) is 0 Å². The largest absolute Gasteiger partial charge is 0.480 e. The zero-order valence-corrected chi connectivity index (χ0v) is 14.0. The molecule has 24 heavy (non-hydrogen) atoms. The number of carbonyl (C=O) groups is 1. The Morgan fingerprint density at radius 1 is 1.29 bits per heavy atom. The zero-order chi connectivity index (χ0) is 16.9. The summed E-state index contributed by atoms with van der Waals surface area (Å²) in [5.41, 5.74) is 0. The summed E-state index contributed by atoms with van der Waals surface area (Å²) in [6.45, 7) is 2.27. The third kappa shape index (κ3) is 6.09. The summed E-state index contributed by atoms with van der Waals surface area (Å²) < 4.78 is 46.8. The van der Waals surface area contributed by atoms with Crippen LogP contribution in [0.4, 0.5) is 13.2 Å². The zero-order valence-electron chi connectivity index (χ0n) is 13.1. The fraction of sp³-hybridized carbons (Fsp3) is 0.533. The van der Waals surface area contributed by atoms with E-state index in [-0.39, 0.29) is 42.5 Å². The van der Waals surface area contributed by atoms with Gasteiger partial charge in [-0.25, -0.2) is 0 Å². The molecule has 1 N–H and O–H groups in total. The summed E-state index contributed by atoms with van der Waals surface area (Å²) in [6.07, 6.45) is -4.43. The van der Waals surface area contributed by atoms with Gasteiger partial charge in [-0.3, -0.25) is 4.79 Å². The topological polar surface area (TPSA) is 50.8 Å². The average molecular weight is 369 g/mol. The van der Waals surface area contributed by atoms with E-state index in [0.717, 1.165) is 0 Å². The molecule has 0 aliphatic carbocycles. The van der Waals surface area contributed by atoms with Gasteiger partial charge in [-0.1, -0.05) is 12.1 Å². The van der Waals surface area contributed by atoms with Crippen molar-refractivity contribution in [1.82, 2.24) is 10.2 Å². The summed E-state index contributed by atoms with van der Waals surface area (Å²) in [7, 11) is 0. The van der Waals surface area contributed by atoms with E-state index in [1.807, 2.05) is 6.92 Å². The quantitative estimate of drug-likeness (QED) is 0.866. The standard InChI is InChI=1S/C15H19F3N2O3.ClH/c1-11-8-19-6-7-20(11)14(21)9-22-12-4-2-3-5-13(12)23-10-15(16,17)18;/h2-5,11,19H,6-10H2,1H3;1H. The highest BCUT2D eigenvalue weighted by atomic mass is 35.5. The first kappa shape index (κ1) is 20.4. The minimum Gasteiger partial charge on any atom is -0.480 e. The van der Waals surface area contributed by atoms with Crippen molar-refractivity contribution in [2.75, 3.05) is 32.8 Å². The number of nitrogens with one attached hydrogen (secondary N) is 1. The van der Waals surface area contributed by atoms with Crippen molar-refractivity contribution in [1.29, 1.82) is 0 Å². The number of halogens is 4. The molecule has 1 aromatic carbocycles. The fourth-order valence-electron chi connectivity index (χ4n) is 2.28. The Labute approximate surface area is 144 Å². The van der Waals surface area contributed by atoms with Gasteiger partial charge in [-0.05, 0) is 19.1 Å². The van der Waals surface area contributed by atoms with E-state index in [0.29, 0.717) is 19.6 Å². The number of para-hydroxylation sites is 2. The lowest BCUT2D eigenvalue weighted by Crippen LogP contribution is -2.53. The summed E-state index contributed by atoms with van der Waals surface area (Å²) in [5.74, 6) is -0.122. The second-order valence-corrected chi connectivity index (χ2v) is 5.28. The highest BCUT2D eigenvalue weighted by Gasteiger charge is 2.29. The predicted molar refractivity (Wildman–Crippen MR) is 84.8 cm³/mol. The Bertz CT molecular complexity index is 543. The van der Waals surface area contributed by atoms with Gasteiger partial charge in [-0.15, -0.1) is 12.4 Å². The highest BCUT2D eigenvalue weighted by Crippen LogP contribution is 2.28. The first-order valence-electron chi connectivity index (χ1n) is 7.28. The SMILES string of the molecule is CC1CNCCN1C(=O)COc1ccccc1OCC(F)(F)F.Cl. The van der Waals surface area contributed by atoms with E-state index < -0.39 is 12.8 Å². The van der Waals surface area contributed by atoms with E-state index in [4.69, 9.17) is 9.47 Å². The highest BCUT2D eigenvalue weighted by molar-refractivity contribution is 5.85. The van der Waals surface area contributed by atoms with Gasteiger partial charge in [0.05, 0.1) is 0 Å². The molecule has 1 aliphatic rings. The molecule has 1 unspecified atom stereocenters. The van der Waals surface area contributed by atoms with Crippen LogP contribution in [0, 0.1) is 0 Å². The second-order valence-electron chi connectivity index (χ2n) is 5.28. The van der Waals surface area contributed by atoms with Gasteiger partial charge in [0, 0.05) is 25.7 Å². The van der Waals surface area contributed by atoms with E-state index in [2.05, 4.69) is 5.32 Å². The summed E-state index contributed by atoms with van der Waals surface area (Å²) >= 11 is 0. The molecular formula is C15H20ClF3N2O3. The third-order valence-corrected chi connectivity index (χ3v) is 3.41. The number of rotatable bonds is 5. The lowest BCUT2D eigenvalue weighted by Gasteiger charge is -2.33. The normalized spacial score (nSPS) is 17.8. The van der Waals surface area contributed by atoms with Gasteiger partial charge in [0.15, 0.2) is 24.7 Å². The van der Waals surface area contributed by atoms with Crippen molar-refractivity contribution in [2.24, 2.45) is 0 Å². The Morgan fingerprint density at radius 3 is 2.50 bits per heavy atom. The van der Waals surface area contributed by atoms with Crippen molar-refractivity contribution in [2.45, 2.75) is 19.1 Å². The number of benzene rings is 1. The average Bonchev–Trinajstić information content (AvgIpc) is 2.51. The van der Waals surface area contributed by atoms with Crippen LogP contribution >= 0.6 is 12.4 Å². The first-order chi connectivity index (χ1) is 10.9.